The Bertz CT molecular complexity index is 569. The fourth-order valence-corrected chi connectivity index (χ4v) is 1.76. The highest BCUT2D eigenvalue weighted by Crippen LogP contribution is 2.06. The van der Waals surface area contributed by atoms with Crippen molar-refractivity contribution in [1.82, 2.24) is 25.1 Å². The zero-order chi connectivity index (χ0) is 14.5. The first kappa shape index (κ1) is 14.1. The molecule has 1 aromatic heterocycles. The van der Waals surface area contributed by atoms with E-state index in [0.29, 0.717) is 18.9 Å². The van der Waals surface area contributed by atoms with Crippen LogP contribution in [-0.2, 0) is 17.9 Å². The lowest BCUT2D eigenvalue weighted by Gasteiger charge is -2.20. The molecule has 0 aliphatic carbocycles. The molecule has 0 spiro atoms. The molecule has 1 aromatic carbocycles. The van der Waals surface area contributed by atoms with Crippen molar-refractivity contribution in [2.45, 2.75) is 26.1 Å². The summed E-state index contributed by atoms with van der Waals surface area (Å²) in [5.74, 6) is -0.223. The molecule has 7 nitrogen and oxygen atoms in total. The Kier molecular flexibility index (Phi) is 4.41. The number of carbonyl (C=O) groups is 1. The maximum absolute atomic E-state index is 10.9. The molecule has 2 rings (SSSR count). The summed E-state index contributed by atoms with van der Waals surface area (Å²) < 4.78 is 1.68. The topological polar surface area (TPSA) is 84.1 Å². The number of tetrazole rings is 1. The minimum atomic E-state index is -0.866. The first-order valence-corrected chi connectivity index (χ1v) is 6.30. The molecule has 0 aliphatic rings. The second kappa shape index (κ2) is 6.25. The van der Waals surface area contributed by atoms with Crippen LogP contribution in [0.5, 0.6) is 0 Å². The Balaban J connectivity index is 2.07. The standard InChI is InChI=1S/C13H17N5O2/c1-10(13(19)20)17(2)9-12-14-15-16-18(12)8-11-6-4-3-5-7-11/h3-7,10H,8-9H2,1-2H3,(H,19,20). The van der Waals surface area contributed by atoms with E-state index in [4.69, 9.17) is 5.11 Å². The van der Waals surface area contributed by atoms with Gasteiger partial charge in [-0.2, -0.15) is 0 Å². The second-order valence-electron chi connectivity index (χ2n) is 4.67. The normalized spacial score (nSPS) is 12.6. The summed E-state index contributed by atoms with van der Waals surface area (Å²) in [7, 11) is 1.74. The number of benzene rings is 1. The van der Waals surface area contributed by atoms with E-state index in [-0.39, 0.29) is 0 Å². The zero-order valence-electron chi connectivity index (χ0n) is 11.5. The molecule has 1 heterocycles. The average molecular weight is 275 g/mol. The van der Waals surface area contributed by atoms with E-state index < -0.39 is 12.0 Å². The van der Waals surface area contributed by atoms with Gasteiger partial charge in [-0.15, -0.1) is 5.10 Å². The highest BCUT2D eigenvalue weighted by Gasteiger charge is 2.19. The van der Waals surface area contributed by atoms with E-state index in [1.54, 1.807) is 23.6 Å². The van der Waals surface area contributed by atoms with Crippen molar-refractivity contribution in [2.75, 3.05) is 7.05 Å². The Hall–Kier alpha value is -2.28. The molecule has 0 radical (unpaired) electrons. The second-order valence-corrected chi connectivity index (χ2v) is 4.67. The lowest BCUT2D eigenvalue weighted by Crippen LogP contribution is -2.36. The van der Waals surface area contributed by atoms with Gasteiger partial charge >= 0.3 is 5.97 Å². The summed E-state index contributed by atoms with van der Waals surface area (Å²) in [5.41, 5.74) is 1.09. The van der Waals surface area contributed by atoms with E-state index >= 15 is 0 Å². The van der Waals surface area contributed by atoms with Gasteiger partial charge in [0.15, 0.2) is 5.82 Å². The third-order valence-corrected chi connectivity index (χ3v) is 3.19. The van der Waals surface area contributed by atoms with Crippen LogP contribution < -0.4 is 0 Å². The van der Waals surface area contributed by atoms with Crippen LogP contribution in [-0.4, -0.2) is 49.3 Å². The summed E-state index contributed by atoms with van der Waals surface area (Å²) in [4.78, 5) is 12.6. The van der Waals surface area contributed by atoms with Gasteiger partial charge < -0.3 is 5.11 Å². The number of carboxylic acids is 1. The molecule has 20 heavy (non-hydrogen) atoms. The predicted octanol–water partition coefficient (Wildman–Crippen LogP) is 0.626. The number of carboxylic acid groups (broad SMARTS) is 1. The van der Waals surface area contributed by atoms with Crippen LogP contribution in [0.2, 0.25) is 0 Å². The first-order valence-electron chi connectivity index (χ1n) is 6.30. The summed E-state index contributed by atoms with van der Waals surface area (Å²) in [6.07, 6.45) is 0. The molecule has 0 fully saturated rings. The maximum atomic E-state index is 10.9. The average Bonchev–Trinajstić information content (AvgIpc) is 2.86. The number of nitrogens with zero attached hydrogens (tertiary/aromatic N) is 5. The first-order chi connectivity index (χ1) is 9.58. The molecule has 1 unspecified atom stereocenters. The molecule has 1 atom stereocenters. The van der Waals surface area contributed by atoms with E-state index in [9.17, 15) is 4.79 Å². The Morgan fingerprint density at radius 3 is 2.75 bits per heavy atom. The molecule has 0 saturated carbocycles. The lowest BCUT2D eigenvalue weighted by molar-refractivity contribution is -0.142. The number of hydrogen-bond acceptors (Lipinski definition) is 5. The number of aromatic nitrogens is 4. The van der Waals surface area contributed by atoms with Crippen LogP contribution in [0.4, 0.5) is 0 Å². The molecule has 7 heteroatoms. The molecule has 0 aliphatic heterocycles. The highest BCUT2D eigenvalue weighted by molar-refractivity contribution is 5.72. The molecular formula is C13H17N5O2. The van der Waals surface area contributed by atoms with Crippen LogP contribution in [0.25, 0.3) is 0 Å². The fourth-order valence-electron chi connectivity index (χ4n) is 1.76. The Labute approximate surface area is 116 Å². The third-order valence-electron chi connectivity index (χ3n) is 3.19. The molecule has 0 amide bonds. The fraction of sp³-hybridized carbons (Fsp3) is 0.385. The Morgan fingerprint density at radius 1 is 1.40 bits per heavy atom. The van der Waals surface area contributed by atoms with E-state index in [1.807, 2.05) is 30.3 Å². The maximum Gasteiger partial charge on any atom is 0.320 e. The van der Waals surface area contributed by atoms with Crippen LogP contribution in [0.15, 0.2) is 30.3 Å². The molecule has 2 aromatic rings. The quantitative estimate of drug-likeness (QED) is 0.832. The Morgan fingerprint density at radius 2 is 2.10 bits per heavy atom. The minimum absolute atomic E-state index is 0.382. The van der Waals surface area contributed by atoms with Gasteiger partial charge in [-0.05, 0) is 30.0 Å². The van der Waals surface area contributed by atoms with Crippen LogP contribution in [0.1, 0.15) is 18.3 Å². The third kappa shape index (κ3) is 3.39. The van der Waals surface area contributed by atoms with Crippen molar-refractivity contribution in [2.24, 2.45) is 0 Å². The number of rotatable bonds is 6. The number of likely N-dealkylation sites (N-methyl/N-ethyl adjacent to an activating group) is 1. The van der Waals surface area contributed by atoms with Gasteiger partial charge in [0.2, 0.25) is 0 Å². The summed E-state index contributed by atoms with van der Waals surface area (Å²) in [6.45, 7) is 2.58. The SMILES string of the molecule is CC(C(=O)O)N(C)Cc1nnnn1Cc1ccccc1. The lowest BCUT2D eigenvalue weighted by atomic mass is 10.2. The minimum Gasteiger partial charge on any atom is -0.480 e. The van der Waals surface area contributed by atoms with Crippen molar-refractivity contribution in [3.8, 4) is 0 Å². The molecular weight excluding hydrogens is 258 g/mol. The largest absolute Gasteiger partial charge is 0.480 e. The zero-order valence-corrected chi connectivity index (χ0v) is 11.5. The van der Waals surface area contributed by atoms with Gasteiger partial charge in [0.25, 0.3) is 0 Å². The molecule has 0 saturated heterocycles. The van der Waals surface area contributed by atoms with Gasteiger partial charge in [-0.3, -0.25) is 9.69 Å². The van der Waals surface area contributed by atoms with E-state index in [1.165, 1.54) is 0 Å². The van der Waals surface area contributed by atoms with Crippen molar-refractivity contribution in [1.29, 1.82) is 0 Å². The van der Waals surface area contributed by atoms with Crippen molar-refractivity contribution in [3.63, 3.8) is 0 Å². The van der Waals surface area contributed by atoms with Gasteiger partial charge in [-0.1, -0.05) is 30.3 Å². The summed E-state index contributed by atoms with van der Waals surface area (Å²) in [6, 6.07) is 9.27. The summed E-state index contributed by atoms with van der Waals surface area (Å²) >= 11 is 0. The van der Waals surface area contributed by atoms with Crippen LogP contribution in [0.3, 0.4) is 0 Å². The molecule has 106 valence electrons. The van der Waals surface area contributed by atoms with Gasteiger partial charge in [0.1, 0.15) is 6.04 Å². The van der Waals surface area contributed by atoms with Gasteiger partial charge in [-0.25, -0.2) is 4.68 Å². The van der Waals surface area contributed by atoms with Crippen molar-refractivity contribution in [3.05, 3.63) is 41.7 Å². The van der Waals surface area contributed by atoms with Crippen molar-refractivity contribution < 1.29 is 9.90 Å². The number of aliphatic carboxylic acids is 1. The van der Waals surface area contributed by atoms with Gasteiger partial charge in [0, 0.05) is 0 Å². The van der Waals surface area contributed by atoms with Crippen molar-refractivity contribution >= 4 is 5.97 Å². The smallest absolute Gasteiger partial charge is 0.320 e. The predicted molar refractivity (Wildman–Crippen MR) is 71.9 cm³/mol. The molecule has 1 N–H and O–H groups in total. The summed E-state index contributed by atoms with van der Waals surface area (Å²) in [5, 5.41) is 20.6. The highest BCUT2D eigenvalue weighted by atomic mass is 16.4. The van der Waals surface area contributed by atoms with Crippen LogP contribution in [0, 0.1) is 0 Å². The van der Waals surface area contributed by atoms with E-state index in [0.717, 1.165) is 5.56 Å². The molecule has 0 bridgehead atoms. The van der Waals surface area contributed by atoms with Crippen LogP contribution >= 0.6 is 0 Å². The van der Waals surface area contributed by atoms with Gasteiger partial charge in [0.05, 0.1) is 13.1 Å². The van der Waals surface area contributed by atoms with E-state index in [2.05, 4.69) is 15.5 Å². The number of hydrogen-bond donors (Lipinski definition) is 1. The monoisotopic (exact) mass is 275 g/mol.